The number of aliphatic hydroxyl groups excluding tert-OH is 2. The molecule has 3 aromatic rings. The maximum atomic E-state index is 13.1. The maximum Gasteiger partial charge on any atom is 0.573 e. The lowest BCUT2D eigenvalue weighted by molar-refractivity contribution is -0.274. The molecule has 1 heterocycles. The number of carbonyl (C=O) groups is 1. The van der Waals surface area contributed by atoms with Crippen LogP contribution in [0.1, 0.15) is 17.2 Å². The fraction of sp³-hybridized carbons (Fsp3) is 0.190. The standard InChI is InChI=1S/C21H17F4N3O4/c1-11(22)20(31)28-9-13-8-15(12-2-4-14(5-3-12)32-21(23,24)25)18-19(27-7-6-26-18)17(13)16(30)10-29/h2-8,16,29-30H,1,9-10H2,(H,28,31)/t16-/m0/s1. The molecule has 1 atom stereocenters. The normalized spacial score (nSPS) is 12.4. The van der Waals surface area contributed by atoms with Crippen molar-refractivity contribution in [2.24, 2.45) is 0 Å². The van der Waals surface area contributed by atoms with E-state index in [2.05, 4.69) is 26.6 Å². The number of hydrogen-bond donors (Lipinski definition) is 3. The molecule has 11 heteroatoms. The molecule has 3 rings (SSSR count). The first-order chi connectivity index (χ1) is 15.1. The highest BCUT2D eigenvalue weighted by Gasteiger charge is 2.31. The molecule has 0 aliphatic heterocycles. The van der Waals surface area contributed by atoms with Gasteiger partial charge in [0, 0.05) is 30.1 Å². The summed E-state index contributed by atoms with van der Waals surface area (Å²) < 4.78 is 54.2. The van der Waals surface area contributed by atoms with Crippen molar-refractivity contribution in [3.8, 4) is 16.9 Å². The van der Waals surface area contributed by atoms with E-state index in [9.17, 15) is 32.6 Å². The number of halogens is 4. The molecule has 0 bridgehead atoms. The number of aromatic nitrogens is 2. The summed E-state index contributed by atoms with van der Waals surface area (Å²) in [6.45, 7) is 2.00. The Morgan fingerprint density at radius 1 is 1.16 bits per heavy atom. The highest BCUT2D eigenvalue weighted by atomic mass is 19.4. The molecule has 168 valence electrons. The predicted octanol–water partition coefficient (Wildman–Crippen LogP) is 3.32. The van der Waals surface area contributed by atoms with E-state index in [1.165, 1.54) is 30.6 Å². The lowest BCUT2D eigenvalue weighted by Crippen LogP contribution is -2.24. The molecule has 2 aromatic carbocycles. The third kappa shape index (κ3) is 5.18. The van der Waals surface area contributed by atoms with E-state index in [1.807, 2.05) is 0 Å². The Morgan fingerprint density at radius 3 is 2.34 bits per heavy atom. The van der Waals surface area contributed by atoms with Crippen molar-refractivity contribution < 1.29 is 37.3 Å². The van der Waals surface area contributed by atoms with Crippen LogP contribution in [0, 0.1) is 0 Å². The van der Waals surface area contributed by atoms with Gasteiger partial charge in [-0.1, -0.05) is 18.7 Å². The van der Waals surface area contributed by atoms with Gasteiger partial charge in [0.1, 0.15) is 11.9 Å². The number of amides is 1. The zero-order valence-electron chi connectivity index (χ0n) is 16.4. The second kappa shape index (κ2) is 9.28. The van der Waals surface area contributed by atoms with Gasteiger partial charge in [0.2, 0.25) is 0 Å². The molecular weight excluding hydrogens is 434 g/mol. The van der Waals surface area contributed by atoms with Crippen molar-refractivity contribution >= 4 is 16.9 Å². The third-order valence-electron chi connectivity index (χ3n) is 4.46. The lowest BCUT2D eigenvalue weighted by Gasteiger charge is -2.19. The van der Waals surface area contributed by atoms with Crippen molar-refractivity contribution in [2.45, 2.75) is 19.0 Å². The van der Waals surface area contributed by atoms with Gasteiger partial charge in [-0.2, -0.15) is 0 Å². The van der Waals surface area contributed by atoms with Crippen LogP contribution in [0.25, 0.3) is 22.2 Å². The Labute approximate surface area is 179 Å². The number of rotatable bonds is 7. The molecule has 32 heavy (non-hydrogen) atoms. The van der Waals surface area contributed by atoms with E-state index in [-0.39, 0.29) is 17.6 Å². The molecular formula is C21H17F4N3O4. The van der Waals surface area contributed by atoms with Gasteiger partial charge in [0.15, 0.2) is 5.83 Å². The van der Waals surface area contributed by atoms with Gasteiger partial charge in [0.25, 0.3) is 5.91 Å². The maximum absolute atomic E-state index is 13.1. The minimum Gasteiger partial charge on any atom is -0.406 e. The zero-order valence-corrected chi connectivity index (χ0v) is 16.4. The number of fused-ring (bicyclic) bond motifs is 1. The average Bonchev–Trinajstić information content (AvgIpc) is 2.75. The number of nitrogens with one attached hydrogen (secondary N) is 1. The second-order valence-corrected chi connectivity index (χ2v) is 6.61. The molecule has 0 saturated heterocycles. The van der Waals surface area contributed by atoms with Crippen LogP contribution in [0.3, 0.4) is 0 Å². The van der Waals surface area contributed by atoms with Gasteiger partial charge in [-0.25, -0.2) is 4.39 Å². The van der Waals surface area contributed by atoms with Crippen LogP contribution in [0.4, 0.5) is 17.6 Å². The molecule has 0 saturated carbocycles. The van der Waals surface area contributed by atoms with Crippen molar-refractivity contribution in [3.63, 3.8) is 0 Å². The number of ether oxygens (including phenoxy) is 1. The Kier molecular flexibility index (Phi) is 6.70. The van der Waals surface area contributed by atoms with E-state index >= 15 is 0 Å². The van der Waals surface area contributed by atoms with Gasteiger partial charge < -0.3 is 20.3 Å². The molecule has 0 aliphatic rings. The van der Waals surface area contributed by atoms with Crippen LogP contribution in [0.15, 0.2) is 55.1 Å². The molecule has 7 nitrogen and oxygen atoms in total. The molecule has 3 N–H and O–H groups in total. The molecule has 0 radical (unpaired) electrons. The first kappa shape index (κ1) is 23.1. The van der Waals surface area contributed by atoms with Crippen LogP contribution >= 0.6 is 0 Å². The van der Waals surface area contributed by atoms with E-state index in [0.29, 0.717) is 22.2 Å². The van der Waals surface area contributed by atoms with Gasteiger partial charge in [0.05, 0.1) is 17.6 Å². The van der Waals surface area contributed by atoms with Gasteiger partial charge in [-0.15, -0.1) is 13.2 Å². The van der Waals surface area contributed by atoms with E-state index < -0.39 is 36.6 Å². The summed E-state index contributed by atoms with van der Waals surface area (Å²) in [5, 5.41) is 22.1. The Morgan fingerprint density at radius 2 is 1.78 bits per heavy atom. The first-order valence-electron chi connectivity index (χ1n) is 9.15. The SMILES string of the molecule is C=C(F)C(=O)NCc1cc(-c2ccc(OC(F)(F)F)cc2)c2nccnc2c1[C@@H](O)CO. The average molecular weight is 451 g/mol. The number of nitrogens with zero attached hydrogens (tertiary/aromatic N) is 2. The summed E-state index contributed by atoms with van der Waals surface area (Å²) in [7, 11) is 0. The fourth-order valence-corrected chi connectivity index (χ4v) is 3.14. The minimum atomic E-state index is -4.84. The van der Waals surface area contributed by atoms with Crippen LogP contribution < -0.4 is 10.1 Å². The Bertz CT molecular complexity index is 1150. The Hall–Kier alpha value is -3.57. The van der Waals surface area contributed by atoms with Crippen molar-refractivity contribution in [2.75, 3.05) is 6.61 Å². The summed E-state index contributed by atoms with van der Waals surface area (Å²) in [6, 6.07) is 6.51. The smallest absolute Gasteiger partial charge is 0.406 e. The van der Waals surface area contributed by atoms with Gasteiger partial charge >= 0.3 is 6.36 Å². The molecule has 1 amide bonds. The number of benzene rings is 2. The quantitative estimate of drug-likeness (QED) is 0.376. The molecule has 0 spiro atoms. The van der Waals surface area contributed by atoms with Crippen LogP contribution in [-0.4, -0.2) is 39.1 Å². The topological polar surface area (TPSA) is 105 Å². The molecule has 0 unspecified atom stereocenters. The zero-order chi connectivity index (χ0) is 23.5. The summed E-state index contributed by atoms with van der Waals surface area (Å²) in [5.41, 5.74) is 1.82. The van der Waals surface area contributed by atoms with Crippen molar-refractivity contribution in [1.82, 2.24) is 15.3 Å². The largest absolute Gasteiger partial charge is 0.573 e. The highest BCUT2D eigenvalue weighted by Crippen LogP contribution is 2.35. The monoisotopic (exact) mass is 451 g/mol. The second-order valence-electron chi connectivity index (χ2n) is 6.61. The predicted molar refractivity (Wildman–Crippen MR) is 106 cm³/mol. The molecule has 0 aliphatic carbocycles. The summed E-state index contributed by atoms with van der Waals surface area (Å²) >= 11 is 0. The van der Waals surface area contributed by atoms with Crippen LogP contribution in [-0.2, 0) is 11.3 Å². The summed E-state index contributed by atoms with van der Waals surface area (Å²) in [4.78, 5) is 20.1. The fourth-order valence-electron chi connectivity index (χ4n) is 3.14. The number of carbonyl (C=O) groups excluding carboxylic acids is 1. The summed E-state index contributed by atoms with van der Waals surface area (Å²) in [6.07, 6.45) is -3.48. The van der Waals surface area contributed by atoms with E-state index in [1.54, 1.807) is 0 Å². The highest BCUT2D eigenvalue weighted by molar-refractivity contribution is 5.95. The van der Waals surface area contributed by atoms with E-state index in [0.717, 1.165) is 12.1 Å². The van der Waals surface area contributed by atoms with E-state index in [4.69, 9.17) is 0 Å². The molecule has 1 aromatic heterocycles. The van der Waals surface area contributed by atoms with Gasteiger partial charge in [-0.3, -0.25) is 14.8 Å². The lowest BCUT2D eigenvalue weighted by atomic mass is 9.93. The third-order valence-corrected chi connectivity index (χ3v) is 4.46. The summed E-state index contributed by atoms with van der Waals surface area (Å²) in [5.74, 6) is -2.70. The minimum absolute atomic E-state index is 0.168. The number of hydrogen-bond acceptors (Lipinski definition) is 6. The van der Waals surface area contributed by atoms with Crippen molar-refractivity contribution in [1.29, 1.82) is 0 Å². The van der Waals surface area contributed by atoms with Gasteiger partial charge in [-0.05, 0) is 29.3 Å². The van der Waals surface area contributed by atoms with Crippen molar-refractivity contribution in [3.05, 3.63) is 66.3 Å². The first-order valence-corrected chi connectivity index (χ1v) is 9.15. The number of aliphatic hydroxyl groups is 2. The van der Waals surface area contributed by atoms with Crippen LogP contribution in [0.2, 0.25) is 0 Å². The van der Waals surface area contributed by atoms with Crippen LogP contribution in [0.5, 0.6) is 5.75 Å². The molecule has 0 fully saturated rings. The number of alkyl halides is 3. The Balaban J connectivity index is 2.14.